The summed E-state index contributed by atoms with van der Waals surface area (Å²) in [6, 6.07) is 16.9. The molecule has 0 bridgehead atoms. The van der Waals surface area contributed by atoms with Gasteiger partial charge in [-0.25, -0.2) is 0 Å². The van der Waals surface area contributed by atoms with Crippen molar-refractivity contribution < 1.29 is 19.0 Å². The second-order valence-electron chi connectivity index (χ2n) is 6.22. The minimum absolute atomic E-state index is 0.122. The Bertz CT molecular complexity index is 702. The Morgan fingerprint density at radius 3 is 2.48 bits per heavy atom. The molecule has 0 unspecified atom stereocenters. The van der Waals surface area contributed by atoms with Crippen molar-refractivity contribution in [1.29, 1.82) is 0 Å². The molecule has 6 nitrogen and oxygen atoms in total. The number of nitrogens with one attached hydrogen (secondary N) is 1. The molecule has 0 radical (unpaired) electrons. The number of carbonyl (C=O) groups excluding carboxylic acids is 1. The SMILES string of the molecule is O=C(NCCN1CCOCC1)c1ccccc1OCCOc1ccccc1. The van der Waals surface area contributed by atoms with Gasteiger partial charge in [-0.05, 0) is 24.3 Å². The van der Waals surface area contributed by atoms with Crippen LogP contribution in [0.25, 0.3) is 0 Å². The normalized spacial score (nSPS) is 14.5. The first-order valence-electron chi connectivity index (χ1n) is 9.31. The number of carbonyl (C=O) groups is 1. The number of morpholine rings is 1. The highest BCUT2D eigenvalue weighted by Gasteiger charge is 2.13. The van der Waals surface area contributed by atoms with E-state index in [1.54, 1.807) is 12.1 Å². The molecule has 6 heteroatoms. The predicted molar refractivity (Wildman–Crippen MR) is 103 cm³/mol. The van der Waals surface area contributed by atoms with Gasteiger partial charge in [0.2, 0.25) is 0 Å². The van der Waals surface area contributed by atoms with E-state index in [2.05, 4.69) is 10.2 Å². The number of rotatable bonds is 9. The number of hydrogen-bond donors (Lipinski definition) is 1. The van der Waals surface area contributed by atoms with Gasteiger partial charge in [0.15, 0.2) is 0 Å². The Morgan fingerprint density at radius 2 is 1.67 bits per heavy atom. The van der Waals surface area contributed by atoms with Gasteiger partial charge in [0.1, 0.15) is 24.7 Å². The molecule has 3 rings (SSSR count). The number of hydrogen-bond acceptors (Lipinski definition) is 5. The van der Waals surface area contributed by atoms with Crippen molar-refractivity contribution >= 4 is 5.91 Å². The highest BCUT2D eigenvalue weighted by atomic mass is 16.5. The third-order valence-electron chi connectivity index (χ3n) is 4.30. The lowest BCUT2D eigenvalue weighted by Gasteiger charge is -2.26. The third-order valence-corrected chi connectivity index (χ3v) is 4.30. The molecule has 1 fully saturated rings. The summed E-state index contributed by atoms with van der Waals surface area (Å²) in [6.07, 6.45) is 0. The Balaban J connectivity index is 1.43. The zero-order valence-corrected chi connectivity index (χ0v) is 15.4. The van der Waals surface area contributed by atoms with E-state index in [0.717, 1.165) is 38.6 Å². The maximum Gasteiger partial charge on any atom is 0.255 e. The molecule has 0 saturated carbocycles. The highest BCUT2D eigenvalue weighted by molar-refractivity contribution is 5.96. The van der Waals surface area contributed by atoms with E-state index in [1.165, 1.54) is 0 Å². The van der Waals surface area contributed by atoms with Crippen LogP contribution >= 0.6 is 0 Å². The van der Waals surface area contributed by atoms with Gasteiger partial charge in [0, 0.05) is 26.2 Å². The van der Waals surface area contributed by atoms with Gasteiger partial charge < -0.3 is 19.5 Å². The summed E-state index contributed by atoms with van der Waals surface area (Å²) < 4.78 is 16.7. The monoisotopic (exact) mass is 370 g/mol. The fourth-order valence-electron chi connectivity index (χ4n) is 2.86. The zero-order chi connectivity index (χ0) is 18.7. The average Bonchev–Trinajstić information content (AvgIpc) is 2.73. The van der Waals surface area contributed by atoms with E-state index in [-0.39, 0.29) is 5.91 Å². The summed E-state index contributed by atoms with van der Waals surface area (Å²) in [5.74, 6) is 1.25. The molecule has 1 N–H and O–H groups in total. The first kappa shape index (κ1) is 19.2. The summed E-state index contributed by atoms with van der Waals surface area (Å²) in [5.41, 5.74) is 0.541. The number of para-hydroxylation sites is 2. The van der Waals surface area contributed by atoms with E-state index in [1.807, 2.05) is 42.5 Å². The molecule has 27 heavy (non-hydrogen) atoms. The van der Waals surface area contributed by atoms with Gasteiger partial charge in [0.05, 0.1) is 18.8 Å². The fraction of sp³-hybridized carbons (Fsp3) is 0.381. The summed E-state index contributed by atoms with van der Waals surface area (Å²) in [6.45, 7) is 5.55. The summed E-state index contributed by atoms with van der Waals surface area (Å²) in [4.78, 5) is 14.8. The maximum absolute atomic E-state index is 12.5. The van der Waals surface area contributed by atoms with E-state index in [0.29, 0.717) is 31.1 Å². The van der Waals surface area contributed by atoms with Crippen LogP contribution < -0.4 is 14.8 Å². The van der Waals surface area contributed by atoms with Crippen molar-refractivity contribution in [1.82, 2.24) is 10.2 Å². The molecule has 2 aromatic rings. The Kier molecular flexibility index (Phi) is 7.50. The Labute approximate surface area is 160 Å². The Hall–Kier alpha value is -2.57. The molecule has 1 amide bonds. The fourth-order valence-corrected chi connectivity index (χ4v) is 2.86. The van der Waals surface area contributed by atoms with Crippen LogP contribution in [0.15, 0.2) is 54.6 Å². The van der Waals surface area contributed by atoms with E-state index in [9.17, 15) is 4.79 Å². The lowest BCUT2D eigenvalue weighted by Crippen LogP contribution is -2.41. The molecule has 1 aliphatic heterocycles. The number of amides is 1. The van der Waals surface area contributed by atoms with Gasteiger partial charge in [-0.15, -0.1) is 0 Å². The van der Waals surface area contributed by atoms with Crippen LogP contribution in [0.1, 0.15) is 10.4 Å². The molecular weight excluding hydrogens is 344 g/mol. The summed E-state index contributed by atoms with van der Waals surface area (Å²) in [5, 5.41) is 2.97. The van der Waals surface area contributed by atoms with Gasteiger partial charge in [0.25, 0.3) is 5.91 Å². The van der Waals surface area contributed by atoms with Crippen molar-refractivity contribution in [3.8, 4) is 11.5 Å². The molecular formula is C21H26N2O4. The largest absolute Gasteiger partial charge is 0.490 e. The molecule has 1 aliphatic rings. The summed E-state index contributed by atoms with van der Waals surface area (Å²) in [7, 11) is 0. The van der Waals surface area contributed by atoms with Crippen LogP contribution in [0.5, 0.6) is 11.5 Å². The third kappa shape index (κ3) is 6.27. The minimum atomic E-state index is -0.122. The average molecular weight is 370 g/mol. The van der Waals surface area contributed by atoms with E-state index >= 15 is 0 Å². The lowest BCUT2D eigenvalue weighted by atomic mass is 10.2. The Morgan fingerprint density at radius 1 is 0.963 bits per heavy atom. The molecule has 2 aromatic carbocycles. The van der Waals surface area contributed by atoms with Crippen LogP contribution in [0.3, 0.4) is 0 Å². The van der Waals surface area contributed by atoms with Gasteiger partial charge in [-0.2, -0.15) is 0 Å². The summed E-state index contributed by atoms with van der Waals surface area (Å²) >= 11 is 0. The standard InChI is InChI=1S/C21H26N2O4/c24-21(22-10-11-23-12-14-25-15-13-23)19-8-4-5-9-20(19)27-17-16-26-18-6-2-1-3-7-18/h1-9H,10-17H2,(H,22,24). The second kappa shape index (κ2) is 10.5. The molecule has 0 spiro atoms. The van der Waals surface area contributed by atoms with Crippen LogP contribution in [-0.4, -0.2) is 63.4 Å². The zero-order valence-electron chi connectivity index (χ0n) is 15.4. The van der Waals surface area contributed by atoms with Gasteiger partial charge >= 0.3 is 0 Å². The molecule has 0 aromatic heterocycles. The van der Waals surface area contributed by atoms with Crippen molar-refractivity contribution in [3.63, 3.8) is 0 Å². The highest BCUT2D eigenvalue weighted by Crippen LogP contribution is 2.18. The molecule has 144 valence electrons. The van der Waals surface area contributed by atoms with Crippen LogP contribution in [0, 0.1) is 0 Å². The number of ether oxygens (including phenoxy) is 3. The van der Waals surface area contributed by atoms with Gasteiger partial charge in [-0.1, -0.05) is 30.3 Å². The quantitative estimate of drug-likeness (QED) is 0.686. The van der Waals surface area contributed by atoms with E-state index in [4.69, 9.17) is 14.2 Å². The first-order chi connectivity index (χ1) is 13.3. The minimum Gasteiger partial charge on any atom is -0.490 e. The molecule has 1 heterocycles. The predicted octanol–water partition coefficient (Wildman–Crippen LogP) is 2.21. The van der Waals surface area contributed by atoms with Crippen molar-refractivity contribution in [2.45, 2.75) is 0 Å². The number of benzene rings is 2. The second-order valence-corrected chi connectivity index (χ2v) is 6.22. The van der Waals surface area contributed by atoms with Crippen LogP contribution in [0.4, 0.5) is 0 Å². The van der Waals surface area contributed by atoms with Crippen molar-refractivity contribution in [3.05, 3.63) is 60.2 Å². The van der Waals surface area contributed by atoms with Gasteiger partial charge in [-0.3, -0.25) is 9.69 Å². The topological polar surface area (TPSA) is 60.0 Å². The molecule has 1 saturated heterocycles. The first-order valence-corrected chi connectivity index (χ1v) is 9.31. The lowest BCUT2D eigenvalue weighted by molar-refractivity contribution is 0.0383. The smallest absolute Gasteiger partial charge is 0.255 e. The van der Waals surface area contributed by atoms with Crippen LogP contribution in [0.2, 0.25) is 0 Å². The van der Waals surface area contributed by atoms with Crippen LogP contribution in [-0.2, 0) is 4.74 Å². The van der Waals surface area contributed by atoms with Crippen molar-refractivity contribution in [2.75, 3.05) is 52.6 Å². The van der Waals surface area contributed by atoms with Crippen molar-refractivity contribution in [2.24, 2.45) is 0 Å². The number of nitrogens with zero attached hydrogens (tertiary/aromatic N) is 1. The molecule has 0 atom stereocenters. The molecule has 0 aliphatic carbocycles. The van der Waals surface area contributed by atoms with E-state index < -0.39 is 0 Å². The maximum atomic E-state index is 12.5.